The number of carbonyl (C=O) groups excluding carboxylic acids is 1. The molecule has 2 rings (SSSR count). The smallest absolute Gasteiger partial charge is 0.222 e. The molecule has 20 heavy (non-hydrogen) atoms. The first kappa shape index (κ1) is 15.1. The zero-order valence-electron chi connectivity index (χ0n) is 11.6. The molecule has 0 aromatic heterocycles. The fourth-order valence-corrected chi connectivity index (χ4v) is 2.71. The predicted octanol–water partition coefficient (Wildman–Crippen LogP) is 2.45. The van der Waals surface area contributed by atoms with E-state index in [-0.39, 0.29) is 11.9 Å². The van der Waals surface area contributed by atoms with Crippen molar-refractivity contribution < 1.29 is 9.53 Å². The van der Waals surface area contributed by atoms with Gasteiger partial charge in [0.15, 0.2) is 0 Å². The van der Waals surface area contributed by atoms with E-state index in [4.69, 9.17) is 22.1 Å². The lowest BCUT2D eigenvalue weighted by atomic mass is 10.2. The molecule has 0 radical (unpaired) electrons. The minimum Gasteiger partial charge on any atom is -0.492 e. The molecule has 0 spiro atoms. The maximum absolute atomic E-state index is 12.1. The molecule has 4 nitrogen and oxygen atoms in total. The van der Waals surface area contributed by atoms with Crippen molar-refractivity contribution in [1.82, 2.24) is 4.90 Å². The van der Waals surface area contributed by atoms with Gasteiger partial charge in [-0.1, -0.05) is 23.7 Å². The van der Waals surface area contributed by atoms with Crippen LogP contribution in [0.2, 0.25) is 5.02 Å². The van der Waals surface area contributed by atoms with Crippen molar-refractivity contribution in [2.45, 2.75) is 31.7 Å². The second kappa shape index (κ2) is 7.50. The summed E-state index contributed by atoms with van der Waals surface area (Å²) in [5.74, 6) is 0.850. The molecular weight excluding hydrogens is 276 g/mol. The number of hydrogen-bond donors (Lipinski definition) is 1. The number of hydrogen-bond acceptors (Lipinski definition) is 3. The lowest BCUT2D eigenvalue weighted by Gasteiger charge is -2.23. The number of nitrogens with zero attached hydrogens (tertiary/aromatic N) is 1. The number of para-hydroxylation sites is 1. The Morgan fingerprint density at radius 1 is 1.45 bits per heavy atom. The summed E-state index contributed by atoms with van der Waals surface area (Å²) >= 11 is 5.99. The van der Waals surface area contributed by atoms with Gasteiger partial charge in [0.05, 0.1) is 11.6 Å². The summed E-state index contributed by atoms with van der Waals surface area (Å²) in [6.07, 6.45) is 3.28. The van der Waals surface area contributed by atoms with Crippen molar-refractivity contribution in [3.8, 4) is 5.75 Å². The highest BCUT2D eigenvalue weighted by Crippen LogP contribution is 2.23. The zero-order valence-corrected chi connectivity index (χ0v) is 12.3. The summed E-state index contributed by atoms with van der Waals surface area (Å²) in [5, 5.41) is 0.599. The number of halogens is 1. The second-order valence-electron chi connectivity index (χ2n) is 5.00. The fourth-order valence-electron chi connectivity index (χ4n) is 2.52. The van der Waals surface area contributed by atoms with Crippen molar-refractivity contribution in [2.75, 3.05) is 19.7 Å². The number of benzene rings is 1. The largest absolute Gasteiger partial charge is 0.492 e. The molecule has 1 unspecified atom stereocenters. The van der Waals surface area contributed by atoms with E-state index in [1.165, 1.54) is 0 Å². The Morgan fingerprint density at radius 2 is 2.25 bits per heavy atom. The number of amides is 1. The quantitative estimate of drug-likeness (QED) is 0.820. The maximum Gasteiger partial charge on any atom is 0.222 e. The third-order valence-corrected chi connectivity index (χ3v) is 3.91. The molecule has 1 heterocycles. The van der Waals surface area contributed by atoms with Crippen LogP contribution in [0, 0.1) is 0 Å². The summed E-state index contributed by atoms with van der Waals surface area (Å²) < 4.78 is 5.58. The molecule has 1 amide bonds. The van der Waals surface area contributed by atoms with Gasteiger partial charge >= 0.3 is 0 Å². The normalized spacial score (nSPS) is 18.3. The summed E-state index contributed by atoms with van der Waals surface area (Å²) in [6, 6.07) is 7.58. The van der Waals surface area contributed by atoms with Crippen molar-refractivity contribution >= 4 is 17.5 Å². The van der Waals surface area contributed by atoms with Crippen LogP contribution in [-0.2, 0) is 4.79 Å². The molecular formula is C15H21ClN2O2. The topological polar surface area (TPSA) is 55.6 Å². The van der Waals surface area contributed by atoms with Gasteiger partial charge in [-0.25, -0.2) is 0 Å². The summed E-state index contributed by atoms with van der Waals surface area (Å²) in [4.78, 5) is 14.0. The molecule has 5 heteroatoms. The Bertz CT molecular complexity index is 453. The van der Waals surface area contributed by atoms with Crippen molar-refractivity contribution in [1.29, 1.82) is 0 Å². The average Bonchev–Trinajstić information content (AvgIpc) is 2.93. The van der Waals surface area contributed by atoms with Crippen LogP contribution in [0.25, 0.3) is 0 Å². The summed E-state index contributed by atoms with van der Waals surface area (Å²) in [6.45, 7) is 1.89. The highest BCUT2D eigenvalue weighted by Gasteiger charge is 2.26. The summed E-state index contributed by atoms with van der Waals surface area (Å²) in [5.41, 5.74) is 5.68. The Hall–Kier alpha value is -1.26. The summed E-state index contributed by atoms with van der Waals surface area (Å²) in [7, 11) is 0. The number of carbonyl (C=O) groups is 1. The zero-order chi connectivity index (χ0) is 14.4. The van der Waals surface area contributed by atoms with E-state index in [1.807, 2.05) is 23.1 Å². The van der Waals surface area contributed by atoms with Crippen LogP contribution >= 0.6 is 11.6 Å². The Balaban J connectivity index is 1.71. The highest BCUT2D eigenvalue weighted by molar-refractivity contribution is 6.32. The van der Waals surface area contributed by atoms with E-state index < -0.39 is 0 Å². The van der Waals surface area contributed by atoms with Crippen molar-refractivity contribution in [3.05, 3.63) is 29.3 Å². The number of rotatable bonds is 6. The van der Waals surface area contributed by atoms with Crippen LogP contribution in [0.4, 0.5) is 0 Å². The van der Waals surface area contributed by atoms with Crippen LogP contribution in [0.1, 0.15) is 25.7 Å². The average molecular weight is 297 g/mol. The van der Waals surface area contributed by atoms with Crippen LogP contribution in [-0.4, -0.2) is 36.5 Å². The van der Waals surface area contributed by atoms with Gasteiger partial charge in [0.25, 0.3) is 0 Å². The number of nitrogens with two attached hydrogens (primary N) is 1. The Labute approximate surface area is 124 Å². The Morgan fingerprint density at radius 3 is 3.00 bits per heavy atom. The van der Waals surface area contributed by atoms with Crippen molar-refractivity contribution in [2.24, 2.45) is 5.73 Å². The van der Waals surface area contributed by atoms with Gasteiger partial charge in [-0.15, -0.1) is 0 Å². The van der Waals surface area contributed by atoms with E-state index in [2.05, 4.69) is 0 Å². The molecule has 0 saturated carbocycles. The number of ether oxygens (including phenoxy) is 1. The van der Waals surface area contributed by atoms with Crippen LogP contribution in [0.3, 0.4) is 0 Å². The molecule has 1 aromatic carbocycles. The van der Waals surface area contributed by atoms with E-state index in [9.17, 15) is 4.79 Å². The minimum absolute atomic E-state index is 0.181. The molecule has 1 saturated heterocycles. The van der Waals surface area contributed by atoms with Crippen LogP contribution < -0.4 is 10.5 Å². The first-order chi connectivity index (χ1) is 9.72. The van der Waals surface area contributed by atoms with E-state index in [1.54, 1.807) is 6.07 Å². The van der Waals surface area contributed by atoms with Gasteiger partial charge in [-0.05, 0) is 31.4 Å². The van der Waals surface area contributed by atoms with Crippen LogP contribution in [0.5, 0.6) is 5.75 Å². The molecule has 1 aliphatic rings. The molecule has 0 bridgehead atoms. The van der Waals surface area contributed by atoms with Gasteiger partial charge in [0.2, 0.25) is 5.91 Å². The lowest BCUT2D eigenvalue weighted by Crippen LogP contribution is -2.39. The first-order valence-corrected chi connectivity index (χ1v) is 7.47. The van der Waals surface area contributed by atoms with Gasteiger partial charge in [-0.3, -0.25) is 4.79 Å². The van der Waals surface area contributed by atoms with Gasteiger partial charge in [0, 0.05) is 25.6 Å². The first-order valence-electron chi connectivity index (χ1n) is 7.09. The predicted molar refractivity (Wildman–Crippen MR) is 80.0 cm³/mol. The van der Waals surface area contributed by atoms with Gasteiger partial charge in [-0.2, -0.15) is 0 Å². The molecule has 0 aliphatic carbocycles. The molecule has 1 fully saturated rings. The monoisotopic (exact) mass is 296 g/mol. The highest BCUT2D eigenvalue weighted by atomic mass is 35.5. The SMILES string of the molecule is NCC1CCCN1C(=O)CCCOc1ccccc1Cl. The molecule has 1 aromatic rings. The van der Waals surface area contributed by atoms with Crippen molar-refractivity contribution in [3.63, 3.8) is 0 Å². The lowest BCUT2D eigenvalue weighted by molar-refractivity contribution is -0.132. The van der Waals surface area contributed by atoms with E-state index in [0.29, 0.717) is 36.8 Å². The second-order valence-corrected chi connectivity index (χ2v) is 5.41. The molecule has 1 atom stereocenters. The Kier molecular flexibility index (Phi) is 5.68. The maximum atomic E-state index is 12.1. The van der Waals surface area contributed by atoms with E-state index in [0.717, 1.165) is 19.4 Å². The van der Waals surface area contributed by atoms with Crippen LogP contribution in [0.15, 0.2) is 24.3 Å². The third-order valence-electron chi connectivity index (χ3n) is 3.60. The molecule has 2 N–H and O–H groups in total. The van der Waals surface area contributed by atoms with Gasteiger partial charge in [0.1, 0.15) is 5.75 Å². The molecule has 110 valence electrons. The van der Waals surface area contributed by atoms with Gasteiger partial charge < -0.3 is 15.4 Å². The standard InChI is InChI=1S/C15H21ClN2O2/c16-13-6-1-2-7-14(13)20-10-4-8-15(19)18-9-3-5-12(18)11-17/h1-2,6-7,12H,3-5,8-11,17H2. The number of likely N-dealkylation sites (tertiary alicyclic amines) is 1. The van der Waals surface area contributed by atoms with E-state index >= 15 is 0 Å². The molecule has 1 aliphatic heterocycles. The third kappa shape index (κ3) is 3.87. The fraction of sp³-hybridized carbons (Fsp3) is 0.533. The minimum atomic E-state index is 0.181.